The van der Waals surface area contributed by atoms with Crippen molar-refractivity contribution in [2.45, 2.75) is 71.3 Å². The lowest BCUT2D eigenvalue weighted by atomic mass is 9.73. The van der Waals surface area contributed by atoms with Crippen LogP contribution in [-0.4, -0.2) is 18.5 Å². The van der Waals surface area contributed by atoms with Crippen LogP contribution in [0.3, 0.4) is 0 Å². The van der Waals surface area contributed by atoms with Gasteiger partial charge in [-0.15, -0.1) is 0 Å². The van der Waals surface area contributed by atoms with Crippen LogP contribution in [0.25, 0.3) is 0 Å². The first-order valence-corrected chi connectivity index (χ1v) is 7.87. The predicted molar refractivity (Wildman–Crippen MR) is 73.5 cm³/mol. The second-order valence-corrected chi connectivity index (χ2v) is 6.21. The summed E-state index contributed by atoms with van der Waals surface area (Å²) in [7, 11) is 0. The van der Waals surface area contributed by atoms with E-state index < -0.39 is 0 Å². The summed E-state index contributed by atoms with van der Waals surface area (Å²) in [5, 5.41) is 0. The molecule has 0 aromatic carbocycles. The number of rotatable bonds is 6. The van der Waals surface area contributed by atoms with Gasteiger partial charge in [-0.1, -0.05) is 13.3 Å². The summed E-state index contributed by atoms with van der Waals surface area (Å²) in [4.78, 5) is 12.2. The number of Topliss-reactive ketones (excluding diaryl/α,β-unsaturated/α-hetero) is 1. The fraction of sp³-hybridized carbons (Fsp3) is 0.938. The summed E-state index contributed by atoms with van der Waals surface area (Å²) in [6.45, 7) is 5.13. The molecule has 2 heteroatoms. The molecule has 0 aromatic heterocycles. The summed E-state index contributed by atoms with van der Waals surface area (Å²) in [5.74, 6) is 2.45. The van der Waals surface area contributed by atoms with E-state index in [0.717, 1.165) is 44.6 Å². The molecule has 0 atom stereocenters. The number of carbonyl (C=O) groups excluding carboxylic acids is 1. The van der Waals surface area contributed by atoms with E-state index >= 15 is 0 Å². The number of ether oxygens (including phenoxy) is 1. The van der Waals surface area contributed by atoms with Crippen molar-refractivity contribution < 1.29 is 9.53 Å². The lowest BCUT2D eigenvalue weighted by molar-refractivity contribution is -0.127. The van der Waals surface area contributed by atoms with E-state index in [2.05, 4.69) is 6.92 Å². The first-order valence-electron chi connectivity index (χ1n) is 7.87. The highest BCUT2D eigenvalue weighted by atomic mass is 16.5. The molecule has 0 aromatic rings. The van der Waals surface area contributed by atoms with Crippen LogP contribution in [0, 0.1) is 17.8 Å². The third kappa shape index (κ3) is 3.57. The summed E-state index contributed by atoms with van der Waals surface area (Å²) < 4.78 is 5.55. The third-order valence-corrected chi connectivity index (χ3v) is 4.96. The monoisotopic (exact) mass is 252 g/mol. The normalized spacial score (nSPS) is 36.1. The van der Waals surface area contributed by atoms with Gasteiger partial charge >= 0.3 is 0 Å². The van der Waals surface area contributed by atoms with Crippen molar-refractivity contribution in [3.8, 4) is 0 Å². The van der Waals surface area contributed by atoms with Crippen LogP contribution < -0.4 is 0 Å². The molecule has 18 heavy (non-hydrogen) atoms. The van der Waals surface area contributed by atoms with Gasteiger partial charge in [-0.2, -0.15) is 0 Å². The van der Waals surface area contributed by atoms with Crippen LogP contribution in [0.2, 0.25) is 0 Å². The molecule has 104 valence electrons. The molecule has 0 saturated heterocycles. The molecular formula is C16H28O2. The number of carbonyl (C=O) groups is 1. The topological polar surface area (TPSA) is 26.3 Å². The smallest absolute Gasteiger partial charge is 0.136 e. The molecular weight excluding hydrogens is 224 g/mol. The van der Waals surface area contributed by atoms with Crippen molar-refractivity contribution in [1.29, 1.82) is 0 Å². The zero-order chi connectivity index (χ0) is 13.0. The van der Waals surface area contributed by atoms with Crippen molar-refractivity contribution in [2.24, 2.45) is 17.8 Å². The Balaban J connectivity index is 1.64. The largest absolute Gasteiger partial charge is 0.378 e. The van der Waals surface area contributed by atoms with Crippen LogP contribution in [0.4, 0.5) is 0 Å². The highest BCUT2D eigenvalue weighted by Crippen LogP contribution is 2.37. The van der Waals surface area contributed by atoms with E-state index in [0.29, 0.717) is 23.7 Å². The van der Waals surface area contributed by atoms with E-state index in [1.54, 1.807) is 0 Å². The van der Waals surface area contributed by atoms with Gasteiger partial charge < -0.3 is 4.74 Å². The zero-order valence-corrected chi connectivity index (χ0v) is 12.0. The standard InChI is InChI=1S/C16H28O2/c1-3-12-5-7-14(8-6-12)16(17)11-13-9-15(10-13)18-4-2/h12-15H,3-11H2,1-2H3. The maximum atomic E-state index is 12.2. The van der Waals surface area contributed by atoms with Crippen LogP contribution in [0.1, 0.15) is 65.2 Å². The summed E-state index contributed by atoms with van der Waals surface area (Å²) in [6, 6.07) is 0. The van der Waals surface area contributed by atoms with Crippen LogP contribution in [-0.2, 0) is 9.53 Å². The molecule has 0 bridgehead atoms. The minimum atomic E-state index is 0.388. The molecule has 2 rings (SSSR count). The Bertz CT molecular complexity index is 260. The van der Waals surface area contributed by atoms with Gasteiger partial charge in [0.25, 0.3) is 0 Å². The zero-order valence-electron chi connectivity index (χ0n) is 12.0. The van der Waals surface area contributed by atoms with Crippen molar-refractivity contribution in [2.75, 3.05) is 6.61 Å². The summed E-state index contributed by atoms with van der Waals surface area (Å²) in [5.41, 5.74) is 0. The van der Waals surface area contributed by atoms with Crippen LogP contribution in [0.5, 0.6) is 0 Å². The molecule has 0 unspecified atom stereocenters. The molecule has 2 saturated carbocycles. The highest BCUT2D eigenvalue weighted by molar-refractivity contribution is 5.81. The van der Waals surface area contributed by atoms with Gasteiger partial charge in [-0.25, -0.2) is 0 Å². The molecule has 0 heterocycles. The summed E-state index contributed by atoms with van der Waals surface area (Å²) >= 11 is 0. The van der Waals surface area contributed by atoms with Gasteiger partial charge in [0.15, 0.2) is 0 Å². The SMILES string of the molecule is CCOC1CC(CC(=O)C2CCC(CC)CC2)C1. The van der Waals surface area contributed by atoms with Gasteiger partial charge in [0.2, 0.25) is 0 Å². The molecule has 0 N–H and O–H groups in total. The Kier molecular flexibility index (Phi) is 5.23. The molecule has 2 nitrogen and oxygen atoms in total. The Hall–Kier alpha value is -0.370. The average Bonchev–Trinajstić information content (AvgIpc) is 2.36. The Labute approximate surface area is 111 Å². The van der Waals surface area contributed by atoms with E-state index in [1.807, 2.05) is 6.92 Å². The number of ketones is 1. The van der Waals surface area contributed by atoms with E-state index in [4.69, 9.17) is 4.74 Å². The molecule has 0 amide bonds. The average molecular weight is 252 g/mol. The van der Waals surface area contributed by atoms with Gasteiger partial charge in [0, 0.05) is 18.9 Å². The number of hydrogen-bond acceptors (Lipinski definition) is 2. The van der Waals surface area contributed by atoms with Crippen molar-refractivity contribution >= 4 is 5.78 Å². The maximum absolute atomic E-state index is 12.2. The van der Waals surface area contributed by atoms with E-state index in [9.17, 15) is 4.79 Å². The Morgan fingerprint density at radius 2 is 1.72 bits per heavy atom. The van der Waals surface area contributed by atoms with Crippen molar-refractivity contribution in [1.82, 2.24) is 0 Å². The molecule has 2 aliphatic carbocycles. The minimum Gasteiger partial charge on any atom is -0.378 e. The van der Waals surface area contributed by atoms with Crippen molar-refractivity contribution in [3.05, 3.63) is 0 Å². The predicted octanol–water partition coefficient (Wildman–Crippen LogP) is 3.98. The first-order chi connectivity index (χ1) is 8.72. The second-order valence-electron chi connectivity index (χ2n) is 6.21. The van der Waals surface area contributed by atoms with Crippen LogP contribution >= 0.6 is 0 Å². The van der Waals surface area contributed by atoms with Gasteiger partial charge in [-0.05, 0) is 57.3 Å². The Morgan fingerprint density at radius 3 is 2.28 bits per heavy atom. The van der Waals surface area contributed by atoms with E-state index in [-0.39, 0.29) is 0 Å². The van der Waals surface area contributed by atoms with Gasteiger partial charge in [0.1, 0.15) is 5.78 Å². The number of hydrogen-bond donors (Lipinski definition) is 0. The molecule has 2 fully saturated rings. The molecule has 0 spiro atoms. The highest BCUT2D eigenvalue weighted by Gasteiger charge is 2.33. The fourth-order valence-corrected chi connectivity index (χ4v) is 3.56. The van der Waals surface area contributed by atoms with Crippen molar-refractivity contribution in [3.63, 3.8) is 0 Å². The van der Waals surface area contributed by atoms with Gasteiger partial charge in [-0.3, -0.25) is 4.79 Å². The Morgan fingerprint density at radius 1 is 1.06 bits per heavy atom. The third-order valence-electron chi connectivity index (χ3n) is 4.96. The molecule has 0 radical (unpaired) electrons. The van der Waals surface area contributed by atoms with E-state index in [1.165, 1.54) is 19.3 Å². The molecule has 0 aliphatic heterocycles. The fourth-order valence-electron chi connectivity index (χ4n) is 3.56. The maximum Gasteiger partial charge on any atom is 0.136 e. The van der Waals surface area contributed by atoms with Gasteiger partial charge in [0.05, 0.1) is 6.10 Å². The second kappa shape index (κ2) is 6.70. The summed E-state index contributed by atoms with van der Waals surface area (Å²) in [6.07, 6.45) is 9.65. The first kappa shape index (κ1) is 14.0. The minimum absolute atomic E-state index is 0.388. The van der Waals surface area contributed by atoms with Crippen LogP contribution in [0.15, 0.2) is 0 Å². The quantitative estimate of drug-likeness (QED) is 0.715. The molecule has 2 aliphatic rings. The lowest BCUT2D eigenvalue weighted by Gasteiger charge is -2.36. The lowest BCUT2D eigenvalue weighted by Crippen LogP contribution is -2.34.